The summed E-state index contributed by atoms with van der Waals surface area (Å²) >= 11 is 0. The lowest BCUT2D eigenvalue weighted by Crippen LogP contribution is -2.52. The van der Waals surface area contributed by atoms with E-state index in [0.29, 0.717) is 19.4 Å². The van der Waals surface area contributed by atoms with Gasteiger partial charge in [-0.3, -0.25) is 14.5 Å². The Morgan fingerprint density at radius 3 is 2.72 bits per heavy atom. The normalized spacial score (nSPS) is 17.6. The number of ether oxygens (including phenoxy) is 1. The molecule has 0 bridgehead atoms. The van der Waals surface area contributed by atoms with Gasteiger partial charge < -0.3 is 15.8 Å². The van der Waals surface area contributed by atoms with Gasteiger partial charge in [-0.1, -0.05) is 36.4 Å². The van der Waals surface area contributed by atoms with Crippen LogP contribution >= 0.6 is 0 Å². The Labute approximate surface area is 146 Å². The Kier molecular flexibility index (Phi) is 6.56. The van der Waals surface area contributed by atoms with Gasteiger partial charge in [-0.25, -0.2) is 4.79 Å². The molecule has 2 rings (SSSR count). The summed E-state index contributed by atoms with van der Waals surface area (Å²) < 4.78 is 5.29. The molecule has 3 amide bonds. The molecule has 0 unspecified atom stereocenters. The van der Waals surface area contributed by atoms with E-state index in [1.165, 1.54) is 11.0 Å². The van der Waals surface area contributed by atoms with Crippen LogP contribution in [-0.4, -0.2) is 41.4 Å². The molecule has 1 saturated heterocycles. The summed E-state index contributed by atoms with van der Waals surface area (Å²) in [5.74, 6) is -1.04. The minimum atomic E-state index is -0.826. The Morgan fingerprint density at radius 1 is 1.36 bits per heavy atom. The summed E-state index contributed by atoms with van der Waals surface area (Å²) in [7, 11) is 0. The minimum Gasteiger partial charge on any atom is -0.445 e. The highest BCUT2D eigenvalue weighted by atomic mass is 16.6. The lowest BCUT2D eigenvalue weighted by molar-refractivity contribution is -0.129. The zero-order valence-electron chi connectivity index (χ0n) is 14.0. The molecular weight excluding hydrogens is 322 g/mol. The number of hydrogen-bond acceptors (Lipinski definition) is 4. The number of amides is 3. The fourth-order valence-electron chi connectivity index (χ4n) is 2.74. The van der Waals surface area contributed by atoms with Gasteiger partial charge in [-0.05, 0) is 24.8 Å². The predicted octanol–water partition coefficient (Wildman–Crippen LogP) is 1.33. The van der Waals surface area contributed by atoms with E-state index < -0.39 is 30.0 Å². The van der Waals surface area contributed by atoms with Crippen molar-refractivity contribution in [2.45, 2.75) is 38.0 Å². The number of likely N-dealkylation sites (tertiary alicyclic amines) is 1. The molecule has 0 radical (unpaired) electrons. The second kappa shape index (κ2) is 8.86. The standard InChI is InChI=1S/C18H23N3O4/c1-2-7-14(16(19)22)20-17(23)15-10-6-11-21(15)18(24)25-12-13-8-4-3-5-9-13/h2-5,8-9,14-15H,1,6-7,10-12H2,(H2,19,22)(H,20,23)/t14-,15-/m1/s1. The molecular formula is C18H23N3O4. The van der Waals surface area contributed by atoms with Gasteiger partial charge in [0.25, 0.3) is 0 Å². The summed E-state index contributed by atoms with van der Waals surface area (Å²) in [6, 6.07) is 7.83. The van der Waals surface area contributed by atoms with Gasteiger partial charge in [-0.15, -0.1) is 6.58 Å². The van der Waals surface area contributed by atoms with Crippen molar-refractivity contribution >= 4 is 17.9 Å². The molecule has 0 aromatic heterocycles. The Bertz CT molecular complexity index is 632. The van der Waals surface area contributed by atoms with Crippen LogP contribution in [0.3, 0.4) is 0 Å². The van der Waals surface area contributed by atoms with Gasteiger partial charge in [0.2, 0.25) is 11.8 Å². The summed E-state index contributed by atoms with van der Waals surface area (Å²) in [5, 5.41) is 2.58. The van der Waals surface area contributed by atoms with Crippen LogP contribution in [0.25, 0.3) is 0 Å². The van der Waals surface area contributed by atoms with E-state index in [4.69, 9.17) is 10.5 Å². The molecule has 1 aliphatic heterocycles. The summed E-state index contributed by atoms with van der Waals surface area (Å²) in [6.07, 6.45) is 2.43. The number of primary amides is 1. The van der Waals surface area contributed by atoms with Gasteiger partial charge >= 0.3 is 6.09 Å². The maximum atomic E-state index is 12.4. The minimum absolute atomic E-state index is 0.144. The summed E-state index contributed by atoms with van der Waals surface area (Å²) in [6.45, 7) is 4.12. The quantitative estimate of drug-likeness (QED) is 0.728. The molecule has 1 aromatic carbocycles. The topological polar surface area (TPSA) is 102 Å². The second-order valence-electron chi connectivity index (χ2n) is 5.88. The monoisotopic (exact) mass is 345 g/mol. The summed E-state index contributed by atoms with van der Waals surface area (Å²) in [4.78, 5) is 37.5. The first-order chi connectivity index (χ1) is 12.0. The first kappa shape index (κ1) is 18.5. The third kappa shape index (κ3) is 5.07. The van der Waals surface area contributed by atoms with Gasteiger partial charge in [-0.2, -0.15) is 0 Å². The smallest absolute Gasteiger partial charge is 0.410 e. The maximum absolute atomic E-state index is 12.4. The van der Waals surface area contributed by atoms with Crippen LogP contribution in [-0.2, 0) is 20.9 Å². The largest absolute Gasteiger partial charge is 0.445 e. The molecule has 25 heavy (non-hydrogen) atoms. The highest BCUT2D eigenvalue weighted by Gasteiger charge is 2.36. The predicted molar refractivity (Wildman–Crippen MR) is 92.3 cm³/mol. The van der Waals surface area contributed by atoms with Crippen LogP contribution in [0.2, 0.25) is 0 Å². The number of carbonyl (C=O) groups is 3. The van der Waals surface area contributed by atoms with Crippen molar-refractivity contribution in [1.29, 1.82) is 0 Å². The molecule has 0 saturated carbocycles. The molecule has 7 heteroatoms. The third-order valence-electron chi connectivity index (χ3n) is 4.06. The van der Waals surface area contributed by atoms with Crippen LogP contribution in [0, 0.1) is 0 Å². The number of rotatable bonds is 7. The molecule has 2 atom stereocenters. The van der Waals surface area contributed by atoms with E-state index in [1.54, 1.807) is 0 Å². The lowest BCUT2D eigenvalue weighted by Gasteiger charge is -2.25. The van der Waals surface area contributed by atoms with Crippen molar-refractivity contribution in [1.82, 2.24) is 10.2 Å². The van der Waals surface area contributed by atoms with Gasteiger partial charge in [0.05, 0.1) is 0 Å². The van der Waals surface area contributed by atoms with Crippen molar-refractivity contribution in [3.8, 4) is 0 Å². The van der Waals surface area contributed by atoms with E-state index in [2.05, 4.69) is 11.9 Å². The van der Waals surface area contributed by atoms with Crippen molar-refractivity contribution in [2.24, 2.45) is 5.73 Å². The molecule has 7 nitrogen and oxygen atoms in total. The number of nitrogens with zero attached hydrogens (tertiary/aromatic N) is 1. The SMILES string of the molecule is C=CC[C@@H](NC(=O)[C@H]1CCCN1C(=O)OCc1ccccc1)C(N)=O. The number of hydrogen-bond donors (Lipinski definition) is 2. The van der Waals surface area contributed by atoms with Crippen molar-refractivity contribution < 1.29 is 19.1 Å². The van der Waals surface area contributed by atoms with Gasteiger partial charge in [0, 0.05) is 6.54 Å². The van der Waals surface area contributed by atoms with E-state index in [1.807, 2.05) is 30.3 Å². The number of nitrogens with one attached hydrogen (secondary N) is 1. The van der Waals surface area contributed by atoms with E-state index in [0.717, 1.165) is 5.56 Å². The Morgan fingerprint density at radius 2 is 2.08 bits per heavy atom. The van der Waals surface area contributed by atoms with Crippen LogP contribution in [0.1, 0.15) is 24.8 Å². The molecule has 134 valence electrons. The van der Waals surface area contributed by atoms with Crippen LogP contribution < -0.4 is 11.1 Å². The van der Waals surface area contributed by atoms with E-state index >= 15 is 0 Å². The number of benzene rings is 1. The van der Waals surface area contributed by atoms with Gasteiger partial charge in [0.1, 0.15) is 18.7 Å². The number of nitrogens with two attached hydrogens (primary N) is 1. The molecule has 1 heterocycles. The molecule has 1 fully saturated rings. The first-order valence-electron chi connectivity index (χ1n) is 8.21. The zero-order chi connectivity index (χ0) is 18.2. The van der Waals surface area contributed by atoms with Crippen molar-refractivity contribution in [2.75, 3.05) is 6.54 Å². The van der Waals surface area contributed by atoms with Crippen LogP contribution in [0.5, 0.6) is 0 Å². The fourth-order valence-corrected chi connectivity index (χ4v) is 2.74. The zero-order valence-corrected chi connectivity index (χ0v) is 14.0. The Hall–Kier alpha value is -2.83. The number of carbonyl (C=O) groups excluding carboxylic acids is 3. The van der Waals surface area contributed by atoms with Gasteiger partial charge in [0.15, 0.2) is 0 Å². The highest BCUT2D eigenvalue weighted by molar-refractivity contribution is 5.91. The molecule has 1 aromatic rings. The van der Waals surface area contributed by atoms with Crippen LogP contribution in [0.4, 0.5) is 4.79 Å². The average molecular weight is 345 g/mol. The maximum Gasteiger partial charge on any atom is 0.410 e. The van der Waals surface area contributed by atoms with E-state index in [9.17, 15) is 14.4 Å². The molecule has 0 aliphatic carbocycles. The molecule has 1 aliphatic rings. The lowest BCUT2D eigenvalue weighted by atomic mass is 10.1. The first-order valence-corrected chi connectivity index (χ1v) is 8.21. The van der Waals surface area contributed by atoms with Crippen LogP contribution in [0.15, 0.2) is 43.0 Å². The average Bonchev–Trinajstić information content (AvgIpc) is 3.10. The third-order valence-corrected chi connectivity index (χ3v) is 4.06. The highest BCUT2D eigenvalue weighted by Crippen LogP contribution is 2.19. The second-order valence-corrected chi connectivity index (χ2v) is 5.88. The summed E-state index contributed by atoms with van der Waals surface area (Å²) in [5.41, 5.74) is 6.14. The molecule has 3 N–H and O–H groups in total. The molecule has 0 spiro atoms. The van der Waals surface area contributed by atoms with E-state index in [-0.39, 0.29) is 13.0 Å². The Balaban J connectivity index is 1.93. The van der Waals surface area contributed by atoms with Crippen molar-refractivity contribution in [3.05, 3.63) is 48.6 Å². The van der Waals surface area contributed by atoms with Crippen molar-refractivity contribution in [3.63, 3.8) is 0 Å². The fraction of sp³-hybridized carbons (Fsp3) is 0.389.